The highest BCUT2D eigenvalue weighted by Gasteiger charge is 2.30. The van der Waals surface area contributed by atoms with Crippen LogP contribution in [0.5, 0.6) is 0 Å². The number of hydrogen-bond donors (Lipinski definition) is 1. The van der Waals surface area contributed by atoms with E-state index in [0.717, 1.165) is 29.4 Å². The highest BCUT2D eigenvalue weighted by atomic mass is 79.9. The maximum atomic E-state index is 12.4. The molecule has 0 unspecified atom stereocenters. The minimum Gasteiger partial charge on any atom is -0.360 e. The molecule has 0 aliphatic carbocycles. The van der Waals surface area contributed by atoms with E-state index in [4.69, 9.17) is 4.52 Å². The summed E-state index contributed by atoms with van der Waals surface area (Å²) in [6.07, 6.45) is 1.98. The lowest BCUT2D eigenvalue weighted by atomic mass is 10.1. The van der Waals surface area contributed by atoms with Gasteiger partial charge in [0, 0.05) is 17.1 Å². The van der Waals surface area contributed by atoms with Crippen LogP contribution in [-0.2, 0) is 0 Å². The zero-order valence-corrected chi connectivity index (χ0v) is 13.3. The van der Waals surface area contributed by atoms with Gasteiger partial charge in [-0.25, -0.2) is 4.79 Å². The molecule has 1 aromatic carbocycles. The molecule has 2 amide bonds. The number of nitrogens with zero attached hydrogens (tertiary/aromatic N) is 2. The van der Waals surface area contributed by atoms with E-state index in [0.29, 0.717) is 11.6 Å². The number of aryl methyl sites for hydroxylation is 1. The van der Waals surface area contributed by atoms with Gasteiger partial charge < -0.3 is 9.42 Å². The van der Waals surface area contributed by atoms with Crippen molar-refractivity contribution >= 4 is 27.8 Å². The highest BCUT2D eigenvalue weighted by molar-refractivity contribution is 9.10. The number of urea groups is 1. The van der Waals surface area contributed by atoms with Crippen molar-refractivity contribution in [2.75, 3.05) is 11.9 Å². The van der Waals surface area contributed by atoms with E-state index in [-0.39, 0.29) is 12.1 Å². The third-order valence-corrected chi connectivity index (χ3v) is 4.10. The van der Waals surface area contributed by atoms with E-state index < -0.39 is 0 Å². The third-order valence-electron chi connectivity index (χ3n) is 3.61. The fourth-order valence-electron chi connectivity index (χ4n) is 2.68. The Bertz CT molecular complexity index is 656. The molecular formula is C15H16BrN3O2. The van der Waals surface area contributed by atoms with Gasteiger partial charge in [0.15, 0.2) is 5.82 Å². The fraction of sp³-hybridized carbons (Fsp3) is 0.333. The lowest BCUT2D eigenvalue weighted by molar-refractivity contribution is 0.207. The Morgan fingerprint density at radius 2 is 2.33 bits per heavy atom. The summed E-state index contributed by atoms with van der Waals surface area (Å²) in [7, 11) is 0. The Morgan fingerprint density at radius 1 is 1.48 bits per heavy atom. The number of halogens is 1. The van der Waals surface area contributed by atoms with Crippen molar-refractivity contribution in [2.45, 2.75) is 25.8 Å². The highest BCUT2D eigenvalue weighted by Crippen LogP contribution is 2.33. The van der Waals surface area contributed by atoms with Crippen molar-refractivity contribution in [3.05, 3.63) is 46.1 Å². The summed E-state index contributed by atoms with van der Waals surface area (Å²) < 4.78 is 5.99. The summed E-state index contributed by atoms with van der Waals surface area (Å²) in [4.78, 5) is 14.3. The molecule has 3 rings (SSSR count). The molecule has 2 heterocycles. The molecule has 2 aromatic rings. The molecule has 1 saturated heterocycles. The molecule has 0 spiro atoms. The predicted octanol–water partition coefficient (Wildman–Crippen LogP) is 4.11. The Hall–Kier alpha value is -1.82. The fourth-order valence-corrected chi connectivity index (χ4v) is 3.09. The molecular weight excluding hydrogens is 334 g/mol. The number of likely N-dealkylation sites (tertiary alicyclic amines) is 1. The van der Waals surface area contributed by atoms with Crippen LogP contribution in [0.4, 0.5) is 10.6 Å². The lowest BCUT2D eigenvalue weighted by Gasteiger charge is -2.25. The normalized spacial score (nSPS) is 18.0. The molecule has 21 heavy (non-hydrogen) atoms. The molecule has 0 radical (unpaired) electrons. The van der Waals surface area contributed by atoms with Gasteiger partial charge in [0.25, 0.3) is 0 Å². The van der Waals surface area contributed by atoms with Crippen LogP contribution in [-0.4, -0.2) is 22.6 Å². The second-order valence-corrected chi connectivity index (χ2v) is 6.08. The zero-order valence-electron chi connectivity index (χ0n) is 11.7. The molecule has 1 atom stereocenters. The van der Waals surface area contributed by atoms with Crippen molar-refractivity contribution in [2.24, 2.45) is 0 Å². The van der Waals surface area contributed by atoms with Crippen molar-refractivity contribution in [3.8, 4) is 0 Å². The van der Waals surface area contributed by atoms with E-state index in [1.807, 2.05) is 17.0 Å². The van der Waals surface area contributed by atoms with Gasteiger partial charge >= 0.3 is 6.03 Å². The number of rotatable bonds is 2. The van der Waals surface area contributed by atoms with Crippen molar-refractivity contribution < 1.29 is 9.32 Å². The minimum atomic E-state index is -0.134. The van der Waals surface area contributed by atoms with Crippen LogP contribution < -0.4 is 5.32 Å². The van der Waals surface area contributed by atoms with Gasteiger partial charge in [-0.2, -0.15) is 0 Å². The summed E-state index contributed by atoms with van der Waals surface area (Å²) in [5.41, 5.74) is 1.15. The first-order chi connectivity index (χ1) is 10.1. The quantitative estimate of drug-likeness (QED) is 0.887. The third kappa shape index (κ3) is 3.10. The maximum absolute atomic E-state index is 12.4. The van der Waals surface area contributed by atoms with E-state index in [1.165, 1.54) is 0 Å². The molecule has 0 bridgehead atoms. The molecule has 5 nitrogen and oxygen atoms in total. The van der Waals surface area contributed by atoms with Crippen LogP contribution >= 0.6 is 15.9 Å². The van der Waals surface area contributed by atoms with Gasteiger partial charge in [0.2, 0.25) is 0 Å². The first kappa shape index (κ1) is 14.1. The largest absolute Gasteiger partial charge is 0.360 e. The van der Waals surface area contributed by atoms with Crippen molar-refractivity contribution in [1.29, 1.82) is 0 Å². The second-order valence-electron chi connectivity index (χ2n) is 5.16. The van der Waals surface area contributed by atoms with E-state index >= 15 is 0 Å². The average Bonchev–Trinajstić information content (AvgIpc) is 3.07. The van der Waals surface area contributed by atoms with E-state index in [1.54, 1.807) is 13.0 Å². The second kappa shape index (κ2) is 5.89. The van der Waals surface area contributed by atoms with Gasteiger partial charge in [-0.15, -0.1) is 0 Å². The van der Waals surface area contributed by atoms with Gasteiger partial charge in [-0.05, 0) is 37.5 Å². The number of aromatic nitrogens is 1. The van der Waals surface area contributed by atoms with E-state index in [2.05, 4.69) is 38.5 Å². The molecule has 1 N–H and O–H groups in total. The van der Waals surface area contributed by atoms with Crippen molar-refractivity contribution in [1.82, 2.24) is 10.1 Å². The predicted molar refractivity (Wildman–Crippen MR) is 83.1 cm³/mol. The molecule has 1 aromatic heterocycles. The topological polar surface area (TPSA) is 58.4 Å². The number of carbonyl (C=O) groups excluding carboxylic acids is 1. The monoisotopic (exact) mass is 349 g/mol. The van der Waals surface area contributed by atoms with Crippen LogP contribution in [0, 0.1) is 6.92 Å². The summed E-state index contributed by atoms with van der Waals surface area (Å²) in [6, 6.07) is 9.79. The number of benzene rings is 1. The van der Waals surface area contributed by atoms with Crippen LogP contribution in [0.25, 0.3) is 0 Å². The molecule has 1 fully saturated rings. The lowest BCUT2D eigenvalue weighted by Crippen LogP contribution is -2.34. The standard InChI is InChI=1S/C15H16BrN3O2/c1-10-8-14(18-21-10)17-15(20)19-7-3-6-13(19)11-4-2-5-12(16)9-11/h2,4-5,8-9,13H,3,6-7H2,1H3,(H,17,18,20)/t13-/m0/s1. The Labute approximate surface area is 131 Å². The average molecular weight is 350 g/mol. The van der Waals surface area contributed by atoms with Gasteiger partial charge in [-0.3, -0.25) is 5.32 Å². The smallest absolute Gasteiger partial charge is 0.323 e. The maximum Gasteiger partial charge on any atom is 0.323 e. The molecule has 0 saturated carbocycles. The number of hydrogen-bond acceptors (Lipinski definition) is 3. The van der Waals surface area contributed by atoms with Gasteiger partial charge in [0.05, 0.1) is 6.04 Å². The molecule has 110 valence electrons. The number of amides is 2. The zero-order chi connectivity index (χ0) is 14.8. The summed E-state index contributed by atoms with van der Waals surface area (Å²) >= 11 is 3.48. The van der Waals surface area contributed by atoms with Gasteiger partial charge in [-0.1, -0.05) is 33.2 Å². The number of nitrogens with one attached hydrogen (secondary N) is 1. The molecule has 6 heteroatoms. The Kier molecular flexibility index (Phi) is 3.96. The Balaban J connectivity index is 1.75. The van der Waals surface area contributed by atoms with Gasteiger partial charge in [0.1, 0.15) is 5.76 Å². The first-order valence-corrected chi connectivity index (χ1v) is 7.69. The molecule has 1 aliphatic heterocycles. The van der Waals surface area contributed by atoms with Crippen LogP contribution in [0.2, 0.25) is 0 Å². The first-order valence-electron chi connectivity index (χ1n) is 6.90. The van der Waals surface area contributed by atoms with Crippen LogP contribution in [0.3, 0.4) is 0 Å². The minimum absolute atomic E-state index is 0.107. The van der Waals surface area contributed by atoms with Crippen molar-refractivity contribution in [3.63, 3.8) is 0 Å². The summed E-state index contributed by atoms with van der Waals surface area (Å²) in [6.45, 7) is 2.54. The van der Waals surface area contributed by atoms with E-state index in [9.17, 15) is 4.79 Å². The Morgan fingerprint density at radius 3 is 3.05 bits per heavy atom. The number of anilines is 1. The SMILES string of the molecule is Cc1cc(NC(=O)N2CCC[C@H]2c2cccc(Br)c2)no1. The summed E-state index contributed by atoms with van der Waals surface area (Å²) in [5, 5.41) is 6.59. The van der Waals surface area contributed by atoms with Crippen LogP contribution in [0.1, 0.15) is 30.2 Å². The molecule has 1 aliphatic rings. The van der Waals surface area contributed by atoms with Crippen LogP contribution in [0.15, 0.2) is 39.3 Å². The summed E-state index contributed by atoms with van der Waals surface area (Å²) in [5.74, 6) is 1.13. The number of carbonyl (C=O) groups is 1.